The van der Waals surface area contributed by atoms with Gasteiger partial charge in [-0.05, 0) is 27.7 Å². The summed E-state index contributed by atoms with van der Waals surface area (Å²) in [6.45, 7) is 14.2. The first kappa shape index (κ1) is 21.6. The molecule has 0 rings (SSSR count). The Labute approximate surface area is 126 Å². The first-order valence-corrected chi connectivity index (χ1v) is 6.61. The normalized spacial score (nSPS) is 10.4. The average Bonchev–Trinajstić information content (AvgIpc) is 2.52. The van der Waals surface area contributed by atoms with E-state index in [0.717, 1.165) is 18.2 Å². The van der Waals surface area contributed by atoms with Gasteiger partial charge in [0.05, 0.1) is 26.2 Å². The van der Waals surface area contributed by atoms with E-state index in [1.807, 2.05) is 0 Å². The largest absolute Gasteiger partial charge is 0.830 e. The SMILES string of the molecule is CC[N+](CC)(CC)CC.N#CC(C#N)(C#N)OOB([O-])O. The highest BCUT2D eigenvalue weighted by atomic mass is 17.2. The Hall–Kier alpha value is -1.67. The first-order valence-electron chi connectivity index (χ1n) is 6.61. The van der Waals surface area contributed by atoms with E-state index < -0.39 is 12.9 Å². The summed E-state index contributed by atoms with van der Waals surface area (Å²) in [5, 5.41) is 42.4. The molecule has 0 aromatic rings. The highest BCUT2D eigenvalue weighted by Crippen LogP contribution is 2.06. The van der Waals surface area contributed by atoms with Crippen molar-refractivity contribution in [2.75, 3.05) is 26.2 Å². The number of nitriles is 3. The summed E-state index contributed by atoms with van der Waals surface area (Å²) in [6, 6.07) is 3.45. The summed E-state index contributed by atoms with van der Waals surface area (Å²) >= 11 is 0. The molecule has 0 saturated heterocycles. The summed E-state index contributed by atoms with van der Waals surface area (Å²) in [7, 11) is -2.56. The van der Waals surface area contributed by atoms with Gasteiger partial charge in [0, 0.05) is 0 Å². The van der Waals surface area contributed by atoms with Crippen LogP contribution in [0.15, 0.2) is 0 Å². The van der Waals surface area contributed by atoms with Crippen LogP contribution in [0, 0.1) is 34.0 Å². The molecule has 0 bridgehead atoms. The van der Waals surface area contributed by atoms with E-state index in [2.05, 4.69) is 37.4 Å². The van der Waals surface area contributed by atoms with Crippen LogP contribution >= 0.6 is 0 Å². The van der Waals surface area contributed by atoms with Crippen molar-refractivity contribution in [2.45, 2.75) is 33.3 Å². The Morgan fingerprint density at radius 1 is 1.00 bits per heavy atom. The van der Waals surface area contributed by atoms with Crippen LogP contribution in [0.1, 0.15) is 27.7 Å². The Morgan fingerprint density at radius 2 is 1.33 bits per heavy atom. The van der Waals surface area contributed by atoms with Crippen molar-refractivity contribution in [3.8, 4) is 18.2 Å². The second-order valence-electron chi connectivity index (χ2n) is 4.11. The van der Waals surface area contributed by atoms with Crippen molar-refractivity contribution in [3.63, 3.8) is 0 Å². The molecule has 0 saturated carbocycles. The van der Waals surface area contributed by atoms with E-state index in [0.29, 0.717) is 0 Å². The minimum Gasteiger partial charge on any atom is -0.830 e. The molecule has 0 radical (unpaired) electrons. The quantitative estimate of drug-likeness (QED) is 0.289. The Bertz CT molecular complexity index is 353. The first-order chi connectivity index (χ1) is 9.84. The van der Waals surface area contributed by atoms with Crippen molar-refractivity contribution < 1.29 is 24.2 Å². The topological polar surface area (TPSA) is 133 Å². The molecule has 0 unspecified atom stereocenters. The lowest BCUT2D eigenvalue weighted by atomic mass is 10.1. The standard InChI is InChI=1S/C8H20N.C4HBN3O4/c1-5-9(6-2,7-3)8-4;6-1-4(2-7,3-8)11-12-5(9)10/h5-8H2,1-4H3;9H/q+1;-1. The fourth-order valence-corrected chi connectivity index (χ4v) is 1.59. The fraction of sp³-hybridized carbons (Fsp3) is 0.750. The second-order valence-corrected chi connectivity index (χ2v) is 4.11. The molecular formula is C12H21BN4O4. The molecule has 116 valence electrons. The van der Waals surface area contributed by atoms with Gasteiger partial charge in [-0.25, -0.2) is 0 Å². The number of rotatable bonds is 7. The third-order valence-corrected chi connectivity index (χ3v) is 3.41. The van der Waals surface area contributed by atoms with E-state index in [9.17, 15) is 5.02 Å². The maximum atomic E-state index is 9.80. The molecule has 8 nitrogen and oxygen atoms in total. The third kappa shape index (κ3) is 7.62. The Morgan fingerprint density at radius 3 is 1.48 bits per heavy atom. The molecule has 0 aliphatic rings. The van der Waals surface area contributed by atoms with Crippen molar-refractivity contribution >= 4 is 7.32 Å². The molecular weight excluding hydrogens is 275 g/mol. The van der Waals surface area contributed by atoms with Crippen molar-refractivity contribution in [1.29, 1.82) is 15.8 Å². The smallest absolute Gasteiger partial charge is 0.387 e. The maximum absolute atomic E-state index is 9.80. The minimum atomic E-state index is -2.56. The van der Waals surface area contributed by atoms with Gasteiger partial charge >= 0.3 is 12.9 Å². The van der Waals surface area contributed by atoms with Crippen LogP contribution in [0.25, 0.3) is 0 Å². The van der Waals surface area contributed by atoms with Gasteiger partial charge in [-0.2, -0.15) is 20.7 Å². The number of hydrogen-bond donors (Lipinski definition) is 1. The summed E-state index contributed by atoms with van der Waals surface area (Å²) in [4.78, 5) is 7.31. The molecule has 0 atom stereocenters. The van der Waals surface area contributed by atoms with Crippen molar-refractivity contribution in [2.24, 2.45) is 0 Å². The van der Waals surface area contributed by atoms with Crippen LogP contribution in [0.5, 0.6) is 0 Å². The minimum absolute atomic E-state index is 1.15. The molecule has 0 fully saturated rings. The molecule has 0 amide bonds. The van der Waals surface area contributed by atoms with E-state index in [1.54, 1.807) is 0 Å². The average molecular weight is 296 g/mol. The highest BCUT2D eigenvalue weighted by Gasteiger charge is 2.33. The van der Waals surface area contributed by atoms with Gasteiger partial charge in [-0.1, -0.05) is 0 Å². The predicted molar refractivity (Wildman–Crippen MR) is 72.1 cm³/mol. The van der Waals surface area contributed by atoms with E-state index in [-0.39, 0.29) is 0 Å². The van der Waals surface area contributed by atoms with Crippen LogP contribution in [-0.4, -0.2) is 48.6 Å². The summed E-state index contributed by atoms with van der Waals surface area (Å²) in [5.41, 5.74) is -2.51. The van der Waals surface area contributed by atoms with Gasteiger partial charge < -0.3 is 14.5 Å². The summed E-state index contributed by atoms with van der Waals surface area (Å²) in [5.74, 6) is 0. The molecule has 0 aromatic heterocycles. The maximum Gasteiger partial charge on any atom is 0.387 e. The van der Waals surface area contributed by atoms with E-state index in [1.165, 1.54) is 30.7 Å². The highest BCUT2D eigenvalue weighted by molar-refractivity contribution is 6.30. The zero-order chi connectivity index (χ0) is 16.9. The Balaban J connectivity index is 0. The Kier molecular flexibility index (Phi) is 11.4. The molecule has 9 heteroatoms. The summed E-state index contributed by atoms with van der Waals surface area (Å²) in [6.07, 6.45) is 0. The van der Waals surface area contributed by atoms with Gasteiger partial charge in [-0.15, -0.1) is 0 Å². The van der Waals surface area contributed by atoms with Gasteiger partial charge in [-0.3, -0.25) is 4.81 Å². The molecule has 0 heterocycles. The fourth-order valence-electron chi connectivity index (χ4n) is 1.59. The number of hydrogen-bond acceptors (Lipinski definition) is 7. The lowest BCUT2D eigenvalue weighted by Crippen LogP contribution is -2.47. The molecule has 0 aliphatic carbocycles. The lowest BCUT2D eigenvalue weighted by molar-refractivity contribution is -0.921. The number of nitrogens with zero attached hydrogens (tertiary/aromatic N) is 4. The zero-order valence-electron chi connectivity index (χ0n) is 12.9. The third-order valence-electron chi connectivity index (χ3n) is 3.41. The van der Waals surface area contributed by atoms with Gasteiger partial charge in [0.2, 0.25) is 0 Å². The molecule has 0 spiro atoms. The van der Waals surface area contributed by atoms with Crippen molar-refractivity contribution in [1.82, 2.24) is 0 Å². The second kappa shape index (κ2) is 11.0. The van der Waals surface area contributed by atoms with E-state index >= 15 is 0 Å². The zero-order valence-corrected chi connectivity index (χ0v) is 12.9. The molecule has 21 heavy (non-hydrogen) atoms. The molecule has 0 aromatic carbocycles. The molecule has 1 N–H and O–H groups in total. The summed E-state index contributed by atoms with van der Waals surface area (Å²) < 4.78 is 1.28. The molecule has 0 aliphatic heterocycles. The monoisotopic (exact) mass is 296 g/mol. The lowest BCUT2D eigenvalue weighted by Gasteiger charge is -2.34. The van der Waals surface area contributed by atoms with Crippen LogP contribution < -0.4 is 5.02 Å². The van der Waals surface area contributed by atoms with Crippen molar-refractivity contribution in [3.05, 3.63) is 0 Å². The van der Waals surface area contributed by atoms with Crippen LogP contribution in [-0.2, 0) is 9.69 Å². The predicted octanol–water partition coefficient (Wildman–Crippen LogP) is -0.536. The van der Waals surface area contributed by atoms with Crippen LogP contribution in [0.2, 0.25) is 0 Å². The van der Waals surface area contributed by atoms with Crippen LogP contribution in [0.3, 0.4) is 0 Å². The van der Waals surface area contributed by atoms with Gasteiger partial charge in [0.1, 0.15) is 18.2 Å². The van der Waals surface area contributed by atoms with Gasteiger partial charge in [0.25, 0.3) is 0 Å². The van der Waals surface area contributed by atoms with E-state index in [4.69, 9.17) is 20.8 Å². The van der Waals surface area contributed by atoms with Crippen LogP contribution in [0.4, 0.5) is 0 Å². The number of quaternary nitrogens is 1. The van der Waals surface area contributed by atoms with Gasteiger partial charge in [0.15, 0.2) is 0 Å².